The summed E-state index contributed by atoms with van der Waals surface area (Å²) >= 11 is 12.7. The summed E-state index contributed by atoms with van der Waals surface area (Å²) in [4.78, 5) is 0.704. The molecule has 94 valence electrons. The van der Waals surface area contributed by atoms with E-state index in [0.717, 1.165) is 5.56 Å². The van der Waals surface area contributed by atoms with Gasteiger partial charge in [0.1, 0.15) is 11.6 Å². The van der Waals surface area contributed by atoms with E-state index in [1.165, 1.54) is 36.0 Å². The summed E-state index contributed by atoms with van der Waals surface area (Å²) in [6, 6.07) is 8.92. The Kier molecular flexibility index (Phi) is 4.49. The van der Waals surface area contributed by atoms with E-state index >= 15 is 0 Å². The molecule has 0 amide bonds. The van der Waals surface area contributed by atoms with Crippen molar-refractivity contribution in [3.8, 4) is 0 Å². The van der Waals surface area contributed by atoms with E-state index in [4.69, 9.17) is 23.2 Å². The molecule has 0 aliphatic carbocycles. The zero-order chi connectivity index (χ0) is 13.1. The van der Waals surface area contributed by atoms with E-state index < -0.39 is 5.82 Å². The van der Waals surface area contributed by atoms with Gasteiger partial charge in [0.05, 0.1) is 5.02 Å². The molecule has 2 aromatic carbocycles. The fourth-order valence-corrected chi connectivity index (χ4v) is 2.73. The van der Waals surface area contributed by atoms with Crippen LogP contribution in [0.5, 0.6) is 0 Å². The topological polar surface area (TPSA) is 0 Å². The minimum atomic E-state index is -0.452. The Morgan fingerprint density at radius 3 is 2.44 bits per heavy atom. The van der Waals surface area contributed by atoms with E-state index in [0.29, 0.717) is 15.7 Å². The summed E-state index contributed by atoms with van der Waals surface area (Å²) in [5.74, 6) is -0.312. The third-order valence-corrected chi connectivity index (χ3v) is 3.80. The molecule has 0 saturated carbocycles. The van der Waals surface area contributed by atoms with E-state index in [1.54, 1.807) is 12.1 Å². The van der Waals surface area contributed by atoms with Gasteiger partial charge in [-0.15, -0.1) is 11.8 Å². The molecule has 0 spiro atoms. The molecule has 0 aliphatic heterocycles. The second-order valence-electron chi connectivity index (χ2n) is 3.64. The fourth-order valence-electron chi connectivity index (χ4n) is 1.41. The first-order valence-corrected chi connectivity index (χ1v) is 6.81. The van der Waals surface area contributed by atoms with E-state index in [9.17, 15) is 8.78 Å². The average Bonchev–Trinajstić information content (AvgIpc) is 2.29. The Bertz CT molecular complexity index is 553. The molecule has 5 heteroatoms. The lowest BCUT2D eigenvalue weighted by Crippen LogP contribution is -1.85. The molecular weight excluding hydrogens is 297 g/mol. The van der Waals surface area contributed by atoms with E-state index in [-0.39, 0.29) is 10.8 Å². The molecular formula is C13H8Cl2F2S. The molecule has 2 aromatic rings. The van der Waals surface area contributed by atoms with E-state index in [1.807, 2.05) is 0 Å². The molecule has 0 bridgehead atoms. The third-order valence-electron chi connectivity index (χ3n) is 2.23. The standard InChI is InChI=1S/C13H8Cl2F2S/c14-9-4-10(16)6-11(5-9)18-7-8-1-2-12(15)13(17)3-8/h1-6H,7H2. The molecule has 18 heavy (non-hydrogen) atoms. The molecule has 0 saturated heterocycles. The molecule has 0 radical (unpaired) electrons. The second-order valence-corrected chi connectivity index (χ2v) is 5.53. The van der Waals surface area contributed by atoms with Crippen LogP contribution in [0.4, 0.5) is 8.78 Å². The molecule has 0 aromatic heterocycles. The first-order chi connectivity index (χ1) is 8.54. The summed E-state index contributed by atoms with van der Waals surface area (Å²) in [7, 11) is 0. The highest BCUT2D eigenvalue weighted by Crippen LogP contribution is 2.27. The molecule has 0 fully saturated rings. The van der Waals surface area contributed by atoms with Crippen LogP contribution >= 0.6 is 35.0 Å². The van der Waals surface area contributed by atoms with Gasteiger partial charge in [0.2, 0.25) is 0 Å². The SMILES string of the molecule is Fc1cc(Cl)cc(SCc2ccc(Cl)c(F)c2)c1. The summed E-state index contributed by atoms with van der Waals surface area (Å²) < 4.78 is 26.3. The van der Waals surface area contributed by atoms with Gasteiger partial charge in [0.25, 0.3) is 0 Å². The maximum atomic E-state index is 13.2. The fraction of sp³-hybridized carbons (Fsp3) is 0.0769. The van der Waals surface area contributed by atoms with Gasteiger partial charge in [0, 0.05) is 15.7 Å². The van der Waals surface area contributed by atoms with Crippen LogP contribution in [0.3, 0.4) is 0 Å². The molecule has 0 nitrogen and oxygen atoms in total. The maximum Gasteiger partial charge on any atom is 0.142 e. The van der Waals surface area contributed by atoms with Crippen molar-refractivity contribution in [2.24, 2.45) is 0 Å². The van der Waals surface area contributed by atoms with Gasteiger partial charge in [-0.2, -0.15) is 0 Å². The highest BCUT2D eigenvalue weighted by molar-refractivity contribution is 7.98. The zero-order valence-electron chi connectivity index (χ0n) is 9.09. The number of rotatable bonds is 3. The number of hydrogen-bond acceptors (Lipinski definition) is 1. The smallest absolute Gasteiger partial charge is 0.142 e. The van der Waals surface area contributed by atoms with Crippen molar-refractivity contribution in [3.05, 3.63) is 63.6 Å². The maximum absolute atomic E-state index is 13.2. The quantitative estimate of drug-likeness (QED) is 0.669. The van der Waals surface area contributed by atoms with E-state index in [2.05, 4.69) is 0 Å². The number of halogens is 4. The van der Waals surface area contributed by atoms with Gasteiger partial charge >= 0.3 is 0 Å². The summed E-state index contributed by atoms with van der Waals surface area (Å²) in [5, 5.41) is 0.442. The number of benzene rings is 2. The van der Waals surface area contributed by atoms with Crippen molar-refractivity contribution in [2.75, 3.05) is 0 Å². The molecule has 0 atom stereocenters. The van der Waals surface area contributed by atoms with Gasteiger partial charge in [0.15, 0.2) is 0 Å². The van der Waals surface area contributed by atoms with Crippen LogP contribution < -0.4 is 0 Å². The number of hydrogen-bond donors (Lipinski definition) is 0. The highest BCUT2D eigenvalue weighted by Gasteiger charge is 2.04. The molecule has 0 unspecified atom stereocenters. The van der Waals surface area contributed by atoms with Gasteiger partial charge in [-0.1, -0.05) is 29.3 Å². The first kappa shape index (κ1) is 13.7. The Morgan fingerprint density at radius 1 is 1.00 bits per heavy atom. The zero-order valence-corrected chi connectivity index (χ0v) is 11.4. The highest BCUT2D eigenvalue weighted by atomic mass is 35.5. The summed E-state index contributed by atoms with van der Waals surface area (Å²) in [6.07, 6.45) is 0. The van der Waals surface area contributed by atoms with Crippen LogP contribution in [0.15, 0.2) is 41.3 Å². The monoisotopic (exact) mass is 304 g/mol. The third kappa shape index (κ3) is 3.61. The van der Waals surface area contributed by atoms with Gasteiger partial charge in [-0.3, -0.25) is 0 Å². The predicted octanol–water partition coefficient (Wildman–Crippen LogP) is 5.56. The lowest BCUT2D eigenvalue weighted by molar-refractivity contribution is 0.624. The Hall–Kier alpha value is -0.770. The molecule has 0 aliphatic rings. The normalized spacial score (nSPS) is 10.7. The Balaban J connectivity index is 2.08. The average molecular weight is 305 g/mol. The van der Waals surface area contributed by atoms with Crippen LogP contribution in [0, 0.1) is 11.6 Å². The van der Waals surface area contributed by atoms with Crippen molar-refractivity contribution < 1.29 is 8.78 Å². The van der Waals surface area contributed by atoms with Crippen LogP contribution in [0.1, 0.15) is 5.56 Å². The molecule has 0 N–H and O–H groups in total. The van der Waals surface area contributed by atoms with Gasteiger partial charge in [-0.05, 0) is 35.9 Å². The first-order valence-electron chi connectivity index (χ1n) is 5.07. The summed E-state index contributed by atoms with van der Waals surface area (Å²) in [6.45, 7) is 0. The van der Waals surface area contributed by atoms with Crippen molar-refractivity contribution in [1.82, 2.24) is 0 Å². The van der Waals surface area contributed by atoms with Crippen LogP contribution in [0.25, 0.3) is 0 Å². The molecule has 2 rings (SSSR count). The molecule has 0 heterocycles. The van der Waals surface area contributed by atoms with Crippen molar-refractivity contribution >= 4 is 35.0 Å². The van der Waals surface area contributed by atoms with Crippen molar-refractivity contribution in [1.29, 1.82) is 0 Å². The van der Waals surface area contributed by atoms with Gasteiger partial charge < -0.3 is 0 Å². The van der Waals surface area contributed by atoms with Crippen molar-refractivity contribution in [3.63, 3.8) is 0 Å². The van der Waals surface area contributed by atoms with Crippen LogP contribution in [-0.4, -0.2) is 0 Å². The Morgan fingerprint density at radius 2 is 1.78 bits per heavy atom. The van der Waals surface area contributed by atoms with Crippen molar-refractivity contribution in [2.45, 2.75) is 10.6 Å². The lowest BCUT2D eigenvalue weighted by atomic mass is 10.2. The minimum Gasteiger partial charge on any atom is -0.207 e. The largest absolute Gasteiger partial charge is 0.207 e. The second kappa shape index (κ2) is 5.91. The minimum absolute atomic E-state index is 0.0950. The van der Waals surface area contributed by atoms with Crippen LogP contribution in [0.2, 0.25) is 10.0 Å². The lowest BCUT2D eigenvalue weighted by Gasteiger charge is -2.04. The van der Waals surface area contributed by atoms with Crippen LogP contribution in [-0.2, 0) is 5.75 Å². The summed E-state index contributed by atoms with van der Waals surface area (Å²) in [5.41, 5.74) is 0.780. The Labute approximate surface area is 118 Å². The number of thioether (sulfide) groups is 1. The van der Waals surface area contributed by atoms with Gasteiger partial charge in [-0.25, -0.2) is 8.78 Å². The predicted molar refractivity (Wildman–Crippen MR) is 72.4 cm³/mol.